The molecule has 12 heavy (non-hydrogen) atoms. The molecule has 0 spiro atoms. The Kier molecular flexibility index (Phi) is 5.96. The fraction of sp³-hybridized carbons (Fsp3) is 0.571. The summed E-state index contributed by atoms with van der Waals surface area (Å²) in [6.07, 6.45) is 0.761. The lowest BCUT2D eigenvalue weighted by Gasteiger charge is -2.07. The maximum absolute atomic E-state index is 10.1. The van der Waals surface area contributed by atoms with Crippen LogP contribution in [0.1, 0.15) is 6.92 Å². The highest BCUT2D eigenvalue weighted by Gasteiger charge is 1.98. The SMILES string of the molecule is C=C(NCBCC(=O)O)OCC. The van der Waals surface area contributed by atoms with E-state index in [0.29, 0.717) is 26.2 Å². The molecule has 0 aromatic heterocycles. The van der Waals surface area contributed by atoms with Gasteiger partial charge in [0.05, 0.1) is 6.61 Å². The molecule has 0 aromatic rings. The molecular weight excluding hydrogens is 157 g/mol. The molecule has 5 heteroatoms. The van der Waals surface area contributed by atoms with Crippen molar-refractivity contribution >= 4 is 13.2 Å². The molecule has 0 amide bonds. The molecule has 0 aromatic carbocycles. The second kappa shape index (κ2) is 6.58. The lowest BCUT2D eigenvalue weighted by molar-refractivity contribution is -0.134. The van der Waals surface area contributed by atoms with E-state index >= 15 is 0 Å². The average molecular weight is 171 g/mol. The smallest absolute Gasteiger partial charge is 0.295 e. The maximum Gasteiger partial charge on any atom is 0.295 e. The number of hydrogen-bond donors (Lipinski definition) is 2. The summed E-state index contributed by atoms with van der Waals surface area (Å²) >= 11 is 0. The van der Waals surface area contributed by atoms with Crippen LogP contribution < -0.4 is 5.32 Å². The Morgan fingerprint density at radius 1 is 1.75 bits per heavy atom. The number of carboxylic acid groups (broad SMARTS) is 1. The van der Waals surface area contributed by atoms with Crippen molar-refractivity contribution in [3.05, 3.63) is 12.5 Å². The summed E-state index contributed by atoms with van der Waals surface area (Å²) < 4.78 is 5.00. The van der Waals surface area contributed by atoms with Crippen LogP contribution in [0.3, 0.4) is 0 Å². The van der Waals surface area contributed by atoms with Crippen molar-refractivity contribution in [2.24, 2.45) is 0 Å². The van der Waals surface area contributed by atoms with Crippen LogP contribution in [0.15, 0.2) is 12.5 Å². The van der Waals surface area contributed by atoms with Gasteiger partial charge in [0.1, 0.15) is 0 Å². The lowest BCUT2D eigenvalue weighted by atomic mass is 9.75. The highest BCUT2D eigenvalue weighted by Crippen LogP contribution is 1.85. The highest BCUT2D eigenvalue weighted by molar-refractivity contribution is 6.40. The summed E-state index contributed by atoms with van der Waals surface area (Å²) in [6, 6.07) is 0. The molecule has 0 radical (unpaired) electrons. The van der Waals surface area contributed by atoms with Gasteiger partial charge in [0.25, 0.3) is 5.97 Å². The second-order valence-electron chi connectivity index (χ2n) is 2.28. The number of rotatable bonds is 7. The molecular formula is C7H14BNO3. The maximum atomic E-state index is 10.1. The number of ether oxygens (including phenoxy) is 1. The van der Waals surface area contributed by atoms with Gasteiger partial charge in [-0.05, 0) is 19.9 Å². The van der Waals surface area contributed by atoms with Gasteiger partial charge < -0.3 is 15.2 Å². The van der Waals surface area contributed by atoms with Crippen molar-refractivity contribution in [3.63, 3.8) is 0 Å². The van der Waals surface area contributed by atoms with E-state index in [0.717, 1.165) is 0 Å². The van der Waals surface area contributed by atoms with Gasteiger partial charge in [-0.15, -0.1) is 0 Å². The first-order valence-corrected chi connectivity index (χ1v) is 3.94. The largest absolute Gasteiger partial charge is 0.482 e. The predicted molar refractivity (Wildman–Crippen MR) is 48.4 cm³/mol. The van der Waals surface area contributed by atoms with Gasteiger partial charge in [-0.2, -0.15) is 0 Å². The number of hydrogen-bond acceptors (Lipinski definition) is 3. The van der Waals surface area contributed by atoms with E-state index in [1.165, 1.54) is 0 Å². The zero-order valence-corrected chi connectivity index (χ0v) is 7.30. The number of nitrogens with one attached hydrogen (secondary N) is 1. The van der Waals surface area contributed by atoms with Gasteiger partial charge in [-0.3, -0.25) is 4.79 Å². The molecule has 0 aliphatic heterocycles. The van der Waals surface area contributed by atoms with Crippen LogP contribution >= 0.6 is 0 Å². The van der Waals surface area contributed by atoms with Crippen molar-refractivity contribution in [2.45, 2.75) is 13.2 Å². The highest BCUT2D eigenvalue weighted by atomic mass is 16.5. The first-order valence-electron chi connectivity index (χ1n) is 3.94. The van der Waals surface area contributed by atoms with Crippen molar-refractivity contribution in [1.29, 1.82) is 0 Å². The molecule has 0 atom stereocenters. The molecule has 0 saturated carbocycles. The minimum atomic E-state index is -0.779. The standard InChI is InChI=1S/C7H14BNO3/c1-3-12-6(2)9-5-8-4-7(10)11/h8-9H,2-5H2,1H3,(H,10,11). The third-order valence-corrected chi connectivity index (χ3v) is 1.21. The van der Waals surface area contributed by atoms with E-state index in [2.05, 4.69) is 11.9 Å². The van der Waals surface area contributed by atoms with E-state index in [1.54, 1.807) is 0 Å². The summed E-state index contributed by atoms with van der Waals surface area (Å²) in [4.78, 5) is 10.1. The fourth-order valence-corrected chi connectivity index (χ4v) is 0.693. The van der Waals surface area contributed by atoms with Crippen LogP contribution in [0.4, 0.5) is 0 Å². The number of carbonyl (C=O) groups is 1. The van der Waals surface area contributed by atoms with E-state index < -0.39 is 5.97 Å². The van der Waals surface area contributed by atoms with Gasteiger partial charge in [0, 0.05) is 6.32 Å². The Bertz CT molecular complexity index is 161. The van der Waals surface area contributed by atoms with E-state index in [1.807, 2.05) is 6.92 Å². The third kappa shape index (κ3) is 6.99. The molecule has 0 aliphatic rings. The minimum absolute atomic E-state index is 0.173. The molecule has 0 heterocycles. The summed E-state index contributed by atoms with van der Waals surface area (Å²) in [5.74, 6) is -0.276. The zero-order chi connectivity index (χ0) is 9.40. The minimum Gasteiger partial charge on any atom is -0.482 e. The number of aliphatic carboxylic acids is 1. The van der Waals surface area contributed by atoms with Gasteiger partial charge in [-0.1, -0.05) is 0 Å². The van der Waals surface area contributed by atoms with Gasteiger partial charge >= 0.3 is 0 Å². The Hall–Kier alpha value is -1.13. The molecule has 0 bridgehead atoms. The monoisotopic (exact) mass is 171 g/mol. The molecule has 2 N–H and O–H groups in total. The Labute approximate surface area is 72.8 Å². The molecule has 68 valence electrons. The van der Waals surface area contributed by atoms with E-state index in [-0.39, 0.29) is 6.32 Å². The molecule has 0 aliphatic carbocycles. The Morgan fingerprint density at radius 3 is 2.92 bits per heavy atom. The predicted octanol–water partition coefficient (Wildman–Crippen LogP) is -0.0194. The zero-order valence-electron chi connectivity index (χ0n) is 7.30. The summed E-state index contributed by atoms with van der Waals surface area (Å²) in [7, 11) is 0.585. The normalized spacial score (nSPS) is 8.75. The Balaban J connectivity index is 3.19. The summed E-state index contributed by atoms with van der Waals surface area (Å²) in [5.41, 5.74) is 0. The van der Waals surface area contributed by atoms with Crippen LogP contribution in [0.5, 0.6) is 0 Å². The fourth-order valence-electron chi connectivity index (χ4n) is 0.693. The van der Waals surface area contributed by atoms with Gasteiger partial charge in [0.2, 0.25) is 0 Å². The van der Waals surface area contributed by atoms with E-state index in [4.69, 9.17) is 9.84 Å². The van der Waals surface area contributed by atoms with Crippen molar-refractivity contribution in [2.75, 3.05) is 13.1 Å². The van der Waals surface area contributed by atoms with E-state index in [9.17, 15) is 4.79 Å². The number of carboxylic acids is 1. The summed E-state index contributed by atoms with van der Waals surface area (Å²) in [5, 5.41) is 11.2. The molecule has 0 saturated heterocycles. The van der Waals surface area contributed by atoms with Crippen molar-refractivity contribution < 1.29 is 14.6 Å². The molecule has 0 rings (SSSR count). The first-order chi connectivity index (χ1) is 5.66. The van der Waals surface area contributed by atoms with Crippen LogP contribution in [0.25, 0.3) is 0 Å². The topological polar surface area (TPSA) is 58.6 Å². The molecule has 0 unspecified atom stereocenters. The van der Waals surface area contributed by atoms with Crippen molar-refractivity contribution in [3.8, 4) is 0 Å². The summed E-state index contributed by atoms with van der Waals surface area (Å²) in [6.45, 7) is 6.02. The van der Waals surface area contributed by atoms with Crippen LogP contribution in [0, 0.1) is 0 Å². The third-order valence-electron chi connectivity index (χ3n) is 1.21. The quantitative estimate of drug-likeness (QED) is 0.321. The van der Waals surface area contributed by atoms with Gasteiger partial charge in [-0.25, -0.2) is 0 Å². The average Bonchev–Trinajstić information content (AvgIpc) is 1.98. The van der Waals surface area contributed by atoms with Crippen LogP contribution in [-0.4, -0.2) is 31.4 Å². The van der Waals surface area contributed by atoms with Crippen LogP contribution in [0.2, 0.25) is 6.32 Å². The van der Waals surface area contributed by atoms with Crippen molar-refractivity contribution in [1.82, 2.24) is 5.32 Å². The molecule has 0 fully saturated rings. The van der Waals surface area contributed by atoms with Crippen LogP contribution in [-0.2, 0) is 9.53 Å². The lowest BCUT2D eigenvalue weighted by Crippen LogP contribution is -2.22. The molecule has 4 nitrogen and oxygen atoms in total. The Morgan fingerprint density at radius 2 is 2.42 bits per heavy atom. The second-order valence-corrected chi connectivity index (χ2v) is 2.28. The first kappa shape index (κ1) is 10.9. The van der Waals surface area contributed by atoms with Gasteiger partial charge in [0.15, 0.2) is 13.2 Å².